The molecule has 0 saturated carbocycles. The second-order valence-corrected chi connectivity index (χ2v) is 10.7. The Kier molecular flexibility index (Phi) is 8.91. The number of anilines is 1. The summed E-state index contributed by atoms with van der Waals surface area (Å²) in [6, 6.07) is 11.6. The largest absolute Gasteiger partial charge is 0.452 e. The number of aryl methyl sites for hydroxylation is 2. The highest BCUT2D eigenvalue weighted by Gasteiger charge is 2.27. The van der Waals surface area contributed by atoms with Gasteiger partial charge >= 0.3 is 5.97 Å². The number of carbonyl (C=O) groups excluding carboxylic acids is 2. The molecule has 0 radical (unpaired) electrons. The van der Waals surface area contributed by atoms with Crippen LogP contribution in [-0.4, -0.2) is 57.1 Å². The molecular weight excluding hydrogens is 468 g/mol. The molecule has 1 fully saturated rings. The SMILES string of the molecule is CCCCc1ccc(NS(=O)(=O)c2cc(C(=O)OCC(=O)N3CC(C)OC(C)C3)ccc2C)cc1. The Labute approximate surface area is 207 Å². The fourth-order valence-corrected chi connectivity index (χ4v) is 5.36. The Balaban J connectivity index is 1.66. The number of carbonyl (C=O) groups is 2. The van der Waals surface area contributed by atoms with Crippen molar-refractivity contribution in [3.05, 3.63) is 59.2 Å². The van der Waals surface area contributed by atoms with E-state index in [-0.39, 0.29) is 28.6 Å². The van der Waals surface area contributed by atoms with Gasteiger partial charge in [0.25, 0.3) is 15.9 Å². The molecule has 1 N–H and O–H groups in total. The van der Waals surface area contributed by atoms with Crippen molar-refractivity contribution in [3.63, 3.8) is 0 Å². The van der Waals surface area contributed by atoms with E-state index in [2.05, 4.69) is 11.6 Å². The van der Waals surface area contributed by atoms with Gasteiger partial charge in [-0.25, -0.2) is 13.2 Å². The average molecular weight is 503 g/mol. The first-order valence-electron chi connectivity index (χ1n) is 11.9. The van der Waals surface area contributed by atoms with Gasteiger partial charge in [0.2, 0.25) is 0 Å². The molecule has 0 bridgehead atoms. The van der Waals surface area contributed by atoms with Crippen molar-refractivity contribution < 1.29 is 27.5 Å². The molecule has 2 aromatic rings. The lowest BCUT2D eigenvalue weighted by molar-refractivity contribution is -0.146. The summed E-state index contributed by atoms with van der Waals surface area (Å²) in [5.74, 6) is -1.08. The average Bonchev–Trinajstić information content (AvgIpc) is 2.81. The van der Waals surface area contributed by atoms with Crippen LogP contribution in [0, 0.1) is 6.92 Å². The normalized spacial score (nSPS) is 18.2. The predicted molar refractivity (Wildman–Crippen MR) is 134 cm³/mol. The molecule has 3 rings (SSSR count). The van der Waals surface area contributed by atoms with Crippen molar-refractivity contribution in [2.24, 2.45) is 0 Å². The van der Waals surface area contributed by atoms with Crippen molar-refractivity contribution in [2.75, 3.05) is 24.4 Å². The minimum absolute atomic E-state index is 0.0239. The van der Waals surface area contributed by atoms with Gasteiger partial charge in [0.15, 0.2) is 6.61 Å². The second-order valence-electron chi connectivity index (χ2n) is 9.02. The van der Waals surface area contributed by atoms with Gasteiger partial charge in [-0.3, -0.25) is 9.52 Å². The standard InChI is InChI=1S/C26H34N2O6S/c1-5-6-7-21-9-12-23(13-10-21)27-35(31,32)24-14-22(11-8-18(24)2)26(30)33-17-25(29)28-15-19(3)34-20(4)16-28/h8-14,19-20,27H,5-7,15-17H2,1-4H3. The molecule has 35 heavy (non-hydrogen) atoms. The van der Waals surface area contributed by atoms with Crippen LogP contribution >= 0.6 is 0 Å². The Morgan fingerprint density at radius 2 is 1.74 bits per heavy atom. The lowest BCUT2D eigenvalue weighted by Crippen LogP contribution is -2.49. The molecule has 190 valence electrons. The molecule has 1 heterocycles. The quantitative estimate of drug-likeness (QED) is 0.522. The summed E-state index contributed by atoms with van der Waals surface area (Å²) in [6.07, 6.45) is 2.92. The Morgan fingerprint density at radius 3 is 2.37 bits per heavy atom. The molecule has 8 nitrogen and oxygen atoms in total. The number of benzene rings is 2. The van der Waals surface area contributed by atoms with Crippen LogP contribution in [0.1, 0.15) is 55.1 Å². The van der Waals surface area contributed by atoms with Crippen molar-refractivity contribution >= 4 is 27.6 Å². The summed E-state index contributed by atoms with van der Waals surface area (Å²) < 4.78 is 39.5. The number of hydrogen-bond donors (Lipinski definition) is 1. The first-order valence-corrected chi connectivity index (χ1v) is 13.4. The zero-order chi connectivity index (χ0) is 25.6. The van der Waals surface area contributed by atoms with E-state index >= 15 is 0 Å². The van der Waals surface area contributed by atoms with E-state index in [9.17, 15) is 18.0 Å². The number of sulfonamides is 1. The maximum atomic E-state index is 13.1. The maximum Gasteiger partial charge on any atom is 0.338 e. The van der Waals surface area contributed by atoms with Gasteiger partial charge in [0.1, 0.15) is 0 Å². The van der Waals surface area contributed by atoms with Crippen LogP contribution in [0.25, 0.3) is 0 Å². The van der Waals surface area contributed by atoms with Crippen molar-refractivity contribution in [1.29, 1.82) is 0 Å². The summed E-state index contributed by atoms with van der Waals surface area (Å²) in [6.45, 7) is 7.98. The zero-order valence-corrected chi connectivity index (χ0v) is 21.6. The smallest absolute Gasteiger partial charge is 0.338 e. The number of rotatable bonds is 9. The molecule has 2 aromatic carbocycles. The number of esters is 1. The van der Waals surface area contributed by atoms with E-state index < -0.39 is 22.6 Å². The summed E-state index contributed by atoms with van der Waals surface area (Å²) >= 11 is 0. The lowest BCUT2D eigenvalue weighted by Gasteiger charge is -2.35. The Bertz CT molecular complexity index is 1140. The lowest BCUT2D eigenvalue weighted by atomic mass is 10.1. The van der Waals surface area contributed by atoms with Gasteiger partial charge in [-0.2, -0.15) is 0 Å². The number of hydrogen-bond acceptors (Lipinski definition) is 6. The Hall–Kier alpha value is -2.91. The predicted octanol–water partition coefficient (Wildman–Crippen LogP) is 3.93. The highest BCUT2D eigenvalue weighted by atomic mass is 32.2. The monoisotopic (exact) mass is 502 g/mol. The first kappa shape index (κ1) is 26.7. The van der Waals surface area contributed by atoms with Gasteiger partial charge in [-0.1, -0.05) is 31.5 Å². The number of nitrogens with zero attached hydrogens (tertiary/aromatic N) is 1. The van der Waals surface area contributed by atoms with E-state index in [4.69, 9.17) is 9.47 Å². The molecule has 2 unspecified atom stereocenters. The third kappa shape index (κ3) is 7.29. The first-order chi connectivity index (χ1) is 16.6. The minimum atomic E-state index is -3.94. The van der Waals surface area contributed by atoms with Gasteiger partial charge in [-0.15, -0.1) is 0 Å². The molecule has 1 aliphatic rings. The topological polar surface area (TPSA) is 102 Å². The number of amides is 1. The Morgan fingerprint density at radius 1 is 1.09 bits per heavy atom. The molecule has 1 saturated heterocycles. The van der Waals surface area contributed by atoms with Crippen LogP contribution in [0.15, 0.2) is 47.4 Å². The van der Waals surface area contributed by atoms with E-state index in [0.29, 0.717) is 24.3 Å². The van der Waals surface area contributed by atoms with E-state index in [1.165, 1.54) is 12.1 Å². The molecular formula is C26H34N2O6S. The van der Waals surface area contributed by atoms with Crippen LogP contribution in [0.2, 0.25) is 0 Å². The molecule has 1 amide bonds. The van der Waals surface area contributed by atoms with Crippen LogP contribution in [0.3, 0.4) is 0 Å². The third-order valence-corrected chi connectivity index (χ3v) is 7.36. The summed E-state index contributed by atoms with van der Waals surface area (Å²) in [5.41, 5.74) is 2.13. The van der Waals surface area contributed by atoms with E-state index in [1.54, 1.807) is 30.0 Å². The summed E-state index contributed by atoms with van der Waals surface area (Å²) in [5, 5.41) is 0. The molecule has 0 spiro atoms. The fourth-order valence-electron chi connectivity index (χ4n) is 4.03. The highest BCUT2D eigenvalue weighted by molar-refractivity contribution is 7.92. The van der Waals surface area contributed by atoms with Gasteiger partial charge < -0.3 is 14.4 Å². The zero-order valence-electron chi connectivity index (χ0n) is 20.7. The number of unbranched alkanes of at least 4 members (excludes halogenated alkanes) is 1. The van der Waals surface area contributed by atoms with Crippen LogP contribution in [-0.2, 0) is 30.7 Å². The molecule has 2 atom stereocenters. The van der Waals surface area contributed by atoms with Crippen molar-refractivity contribution in [1.82, 2.24) is 4.90 Å². The van der Waals surface area contributed by atoms with Crippen molar-refractivity contribution in [2.45, 2.75) is 64.1 Å². The van der Waals surface area contributed by atoms with Gasteiger partial charge in [0.05, 0.1) is 22.7 Å². The van der Waals surface area contributed by atoms with Gasteiger partial charge in [-0.05, 0) is 69.0 Å². The molecule has 9 heteroatoms. The van der Waals surface area contributed by atoms with Crippen molar-refractivity contribution in [3.8, 4) is 0 Å². The third-order valence-electron chi connectivity index (χ3n) is 5.84. The van der Waals surface area contributed by atoms with Crippen LogP contribution in [0.4, 0.5) is 5.69 Å². The minimum Gasteiger partial charge on any atom is -0.452 e. The highest BCUT2D eigenvalue weighted by Crippen LogP contribution is 2.22. The number of morpholine rings is 1. The van der Waals surface area contributed by atoms with Crippen LogP contribution in [0.5, 0.6) is 0 Å². The summed E-state index contributed by atoms with van der Waals surface area (Å²) in [7, 11) is -3.94. The van der Waals surface area contributed by atoms with E-state index in [0.717, 1.165) is 24.8 Å². The fraction of sp³-hybridized carbons (Fsp3) is 0.462. The molecule has 0 aliphatic carbocycles. The molecule has 1 aliphatic heterocycles. The molecule has 0 aromatic heterocycles. The number of ether oxygens (including phenoxy) is 2. The second kappa shape index (κ2) is 11.7. The summed E-state index contributed by atoms with van der Waals surface area (Å²) in [4.78, 5) is 26.7. The number of nitrogens with one attached hydrogen (secondary N) is 1. The van der Waals surface area contributed by atoms with Crippen LogP contribution < -0.4 is 4.72 Å². The maximum absolute atomic E-state index is 13.1. The van der Waals surface area contributed by atoms with Gasteiger partial charge in [0, 0.05) is 18.8 Å². The van der Waals surface area contributed by atoms with E-state index in [1.807, 2.05) is 26.0 Å².